The summed E-state index contributed by atoms with van der Waals surface area (Å²) in [5.41, 5.74) is 0. The molecule has 0 saturated carbocycles. The van der Waals surface area contributed by atoms with E-state index in [2.05, 4.69) is 32.2 Å². The minimum absolute atomic E-state index is 0.168. The Hall–Kier alpha value is -0.550. The molecule has 1 unspecified atom stereocenters. The fourth-order valence-electron chi connectivity index (χ4n) is 0.990. The molecule has 0 rings (SSSR count). The second kappa shape index (κ2) is 7.12. The van der Waals surface area contributed by atoms with Crippen molar-refractivity contribution in [3.05, 3.63) is 0 Å². The SMILES string of the molecule is CCCCNCC(C#N)C(C)C. The Morgan fingerprint density at radius 2 is 2.08 bits per heavy atom. The quantitative estimate of drug-likeness (QED) is 0.617. The molecule has 2 nitrogen and oxygen atoms in total. The van der Waals surface area contributed by atoms with Gasteiger partial charge in [-0.3, -0.25) is 0 Å². The third-order valence-electron chi connectivity index (χ3n) is 2.04. The van der Waals surface area contributed by atoms with Crippen LogP contribution >= 0.6 is 0 Å². The molecule has 0 aromatic carbocycles. The zero-order chi connectivity index (χ0) is 9.40. The lowest BCUT2D eigenvalue weighted by molar-refractivity contribution is 0.440. The molecule has 0 spiro atoms. The van der Waals surface area contributed by atoms with E-state index < -0.39 is 0 Å². The average molecular weight is 168 g/mol. The predicted octanol–water partition coefficient (Wildman–Crippen LogP) is 2.17. The molecule has 12 heavy (non-hydrogen) atoms. The maximum absolute atomic E-state index is 8.76. The van der Waals surface area contributed by atoms with Crippen molar-refractivity contribution in [3.63, 3.8) is 0 Å². The summed E-state index contributed by atoms with van der Waals surface area (Å²) in [6.07, 6.45) is 2.42. The second-order valence-electron chi connectivity index (χ2n) is 3.54. The summed E-state index contributed by atoms with van der Waals surface area (Å²) in [6, 6.07) is 2.32. The maximum atomic E-state index is 8.76. The van der Waals surface area contributed by atoms with Crippen LogP contribution in [0.25, 0.3) is 0 Å². The van der Waals surface area contributed by atoms with Crippen molar-refractivity contribution in [1.82, 2.24) is 5.32 Å². The monoisotopic (exact) mass is 168 g/mol. The molecule has 1 N–H and O–H groups in total. The van der Waals surface area contributed by atoms with Gasteiger partial charge in [0.25, 0.3) is 0 Å². The predicted molar refractivity (Wildman–Crippen MR) is 51.7 cm³/mol. The molecule has 0 amide bonds. The summed E-state index contributed by atoms with van der Waals surface area (Å²) in [5, 5.41) is 12.1. The molecular formula is C10H20N2. The summed E-state index contributed by atoms with van der Waals surface area (Å²) in [6.45, 7) is 8.24. The Bertz CT molecular complexity index is 135. The van der Waals surface area contributed by atoms with Gasteiger partial charge in [0.05, 0.1) is 12.0 Å². The van der Waals surface area contributed by atoms with Crippen molar-refractivity contribution in [2.24, 2.45) is 11.8 Å². The number of rotatable bonds is 6. The number of nitriles is 1. The van der Waals surface area contributed by atoms with Crippen LogP contribution in [-0.2, 0) is 0 Å². The highest BCUT2D eigenvalue weighted by Gasteiger charge is 2.10. The standard InChI is InChI=1S/C10H20N2/c1-4-5-6-12-8-10(7-11)9(2)3/h9-10,12H,4-6,8H2,1-3H3. The first-order valence-corrected chi connectivity index (χ1v) is 4.82. The van der Waals surface area contributed by atoms with Gasteiger partial charge in [0.1, 0.15) is 0 Å². The van der Waals surface area contributed by atoms with E-state index in [9.17, 15) is 0 Å². The number of hydrogen-bond donors (Lipinski definition) is 1. The molecule has 70 valence electrons. The lowest BCUT2D eigenvalue weighted by atomic mass is 9.98. The van der Waals surface area contributed by atoms with E-state index in [1.54, 1.807) is 0 Å². The molecule has 0 radical (unpaired) electrons. The van der Waals surface area contributed by atoms with E-state index in [0.29, 0.717) is 5.92 Å². The van der Waals surface area contributed by atoms with E-state index in [1.165, 1.54) is 12.8 Å². The van der Waals surface area contributed by atoms with Crippen molar-refractivity contribution < 1.29 is 0 Å². The Labute approximate surface area is 76.0 Å². The van der Waals surface area contributed by atoms with Crippen molar-refractivity contribution in [3.8, 4) is 6.07 Å². The molecule has 0 fully saturated rings. The Morgan fingerprint density at radius 3 is 2.50 bits per heavy atom. The van der Waals surface area contributed by atoms with Crippen LogP contribution in [0.2, 0.25) is 0 Å². The zero-order valence-corrected chi connectivity index (χ0v) is 8.43. The Balaban J connectivity index is 3.41. The van der Waals surface area contributed by atoms with Crippen LogP contribution in [0.3, 0.4) is 0 Å². The molecule has 0 aromatic heterocycles. The minimum atomic E-state index is 0.168. The van der Waals surface area contributed by atoms with Crippen LogP contribution in [0.5, 0.6) is 0 Å². The maximum Gasteiger partial charge on any atom is 0.0671 e. The first-order valence-electron chi connectivity index (χ1n) is 4.82. The largest absolute Gasteiger partial charge is 0.315 e. The Morgan fingerprint density at radius 1 is 1.42 bits per heavy atom. The summed E-state index contributed by atoms with van der Waals surface area (Å²) in [5.74, 6) is 0.631. The van der Waals surface area contributed by atoms with Crippen LogP contribution in [0.15, 0.2) is 0 Å². The van der Waals surface area contributed by atoms with E-state index in [1.807, 2.05) is 0 Å². The second-order valence-corrected chi connectivity index (χ2v) is 3.54. The van der Waals surface area contributed by atoms with Gasteiger partial charge in [0.15, 0.2) is 0 Å². The highest BCUT2D eigenvalue weighted by molar-refractivity contribution is 4.86. The van der Waals surface area contributed by atoms with E-state index >= 15 is 0 Å². The zero-order valence-electron chi connectivity index (χ0n) is 8.43. The van der Waals surface area contributed by atoms with Crippen molar-refractivity contribution >= 4 is 0 Å². The molecule has 0 bridgehead atoms. The van der Waals surface area contributed by atoms with Gasteiger partial charge in [0.2, 0.25) is 0 Å². The van der Waals surface area contributed by atoms with Crippen LogP contribution < -0.4 is 5.32 Å². The molecular weight excluding hydrogens is 148 g/mol. The fraction of sp³-hybridized carbons (Fsp3) is 0.900. The molecule has 0 aromatic rings. The molecule has 2 heteroatoms. The van der Waals surface area contributed by atoms with Crippen molar-refractivity contribution in [2.45, 2.75) is 33.6 Å². The number of nitrogens with zero attached hydrogens (tertiary/aromatic N) is 1. The van der Waals surface area contributed by atoms with Crippen LogP contribution in [0.4, 0.5) is 0 Å². The van der Waals surface area contributed by atoms with Gasteiger partial charge >= 0.3 is 0 Å². The first kappa shape index (κ1) is 11.4. The summed E-state index contributed by atoms with van der Waals surface area (Å²) in [7, 11) is 0. The molecule has 1 atom stereocenters. The highest BCUT2D eigenvalue weighted by atomic mass is 14.9. The van der Waals surface area contributed by atoms with E-state index in [0.717, 1.165) is 13.1 Å². The number of unbranched alkanes of at least 4 members (excludes halogenated alkanes) is 1. The van der Waals surface area contributed by atoms with Crippen molar-refractivity contribution in [1.29, 1.82) is 5.26 Å². The van der Waals surface area contributed by atoms with E-state index in [-0.39, 0.29) is 5.92 Å². The van der Waals surface area contributed by atoms with Gasteiger partial charge in [-0.05, 0) is 18.9 Å². The van der Waals surface area contributed by atoms with Crippen LogP contribution in [0.1, 0.15) is 33.6 Å². The third kappa shape index (κ3) is 5.15. The number of hydrogen-bond acceptors (Lipinski definition) is 2. The summed E-state index contributed by atoms with van der Waals surface area (Å²) < 4.78 is 0. The lowest BCUT2D eigenvalue weighted by Crippen LogP contribution is -2.25. The van der Waals surface area contributed by atoms with Gasteiger partial charge in [-0.25, -0.2) is 0 Å². The smallest absolute Gasteiger partial charge is 0.0671 e. The topological polar surface area (TPSA) is 35.8 Å². The normalized spacial score (nSPS) is 12.9. The van der Waals surface area contributed by atoms with Gasteiger partial charge in [-0.2, -0.15) is 5.26 Å². The fourth-order valence-corrected chi connectivity index (χ4v) is 0.990. The van der Waals surface area contributed by atoms with Crippen molar-refractivity contribution in [2.75, 3.05) is 13.1 Å². The summed E-state index contributed by atoms with van der Waals surface area (Å²) >= 11 is 0. The molecule has 0 aliphatic heterocycles. The molecule has 0 saturated heterocycles. The average Bonchev–Trinajstić information content (AvgIpc) is 2.04. The minimum Gasteiger partial charge on any atom is -0.315 e. The van der Waals surface area contributed by atoms with Gasteiger partial charge in [-0.15, -0.1) is 0 Å². The third-order valence-corrected chi connectivity index (χ3v) is 2.04. The van der Waals surface area contributed by atoms with Crippen LogP contribution in [-0.4, -0.2) is 13.1 Å². The molecule has 0 aliphatic carbocycles. The first-order chi connectivity index (χ1) is 5.72. The summed E-state index contributed by atoms with van der Waals surface area (Å²) in [4.78, 5) is 0. The van der Waals surface area contributed by atoms with E-state index in [4.69, 9.17) is 5.26 Å². The van der Waals surface area contributed by atoms with Gasteiger partial charge in [0, 0.05) is 6.54 Å². The van der Waals surface area contributed by atoms with Gasteiger partial charge in [-0.1, -0.05) is 27.2 Å². The Kier molecular flexibility index (Phi) is 6.79. The molecule has 0 aliphatic rings. The molecule has 0 heterocycles. The highest BCUT2D eigenvalue weighted by Crippen LogP contribution is 2.07. The number of nitrogens with one attached hydrogen (secondary N) is 1. The van der Waals surface area contributed by atoms with Gasteiger partial charge < -0.3 is 5.32 Å². The van der Waals surface area contributed by atoms with Crippen LogP contribution in [0, 0.1) is 23.2 Å². The lowest BCUT2D eigenvalue weighted by Gasteiger charge is -2.13.